The van der Waals surface area contributed by atoms with Crippen molar-refractivity contribution in [2.75, 3.05) is 0 Å². The lowest BCUT2D eigenvalue weighted by atomic mass is 10.4. The van der Waals surface area contributed by atoms with E-state index in [1.54, 1.807) is 11.3 Å². The van der Waals surface area contributed by atoms with Gasteiger partial charge in [-0.15, -0.1) is 11.3 Å². The van der Waals surface area contributed by atoms with Crippen LogP contribution in [0.25, 0.3) is 0 Å². The molecule has 5 heteroatoms. The predicted octanol–water partition coefficient (Wildman–Crippen LogP) is 1.77. The first kappa shape index (κ1) is 10.3. The third kappa shape index (κ3) is 2.87. The molecule has 2 aromatic heterocycles. The average molecular weight is 222 g/mol. The maximum absolute atomic E-state index is 4.28. The van der Waals surface area contributed by atoms with Crippen molar-refractivity contribution in [1.29, 1.82) is 0 Å². The van der Waals surface area contributed by atoms with Gasteiger partial charge in [-0.05, 0) is 13.8 Å². The van der Waals surface area contributed by atoms with E-state index in [4.69, 9.17) is 0 Å². The molecule has 4 nitrogen and oxygen atoms in total. The van der Waals surface area contributed by atoms with Crippen molar-refractivity contribution in [3.05, 3.63) is 33.8 Å². The van der Waals surface area contributed by atoms with E-state index in [2.05, 4.69) is 27.2 Å². The van der Waals surface area contributed by atoms with Gasteiger partial charge in [0.1, 0.15) is 10.8 Å². The summed E-state index contributed by atoms with van der Waals surface area (Å²) in [5.74, 6) is 0.955. The highest BCUT2D eigenvalue weighted by Gasteiger charge is 1.99. The minimum atomic E-state index is 0.805. The number of thiazole rings is 1. The Morgan fingerprint density at radius 1 is 1.27 bits per heavy atom. The topological polar surface area (TPSA) is 53.6 Å². The Morgan fingerprint density at radius 3 is 2.73 bits per heavy atom. The molecule has 0 aliphatic rings. The number of imidazole rings is 1. The number of aromatic nitrogens is 3. The molecule has 0 saturated heterocycles. The normalized spacial score (nSPS) is 10.8. The molecule has 0 spiro atoms. The molecule has 0 bridgehead atoms. The molecule has 0 atom stereocenters. The van der Waals surface area contributed by atoms with Gasteiger partial charge in [-0.2, -0.15) is 0 Å². The van der Waals surface area contributed by atoms with Crippen LogP contribution in [0.1, 0.15) is 21.4 Å². The van der Waals surface area contributed by atoms with Gasteiger partial charge in [0.25, 0.3) is 0 Å². The summed E-state index contributed by atoms with van der Waals surface area (Å²) in [6.07, 6.45) is 3.76. The zero-order valence-corrected chi connectivity index (χ0v) is 9.69. The molecule has 0 amide bonds. The fraction of sp³-hybridized carbons (Fsp3) is 0.400. The second-order valence-corrected chi connectivity index (χ2v) is 4.78. The second-order valence-electron chi connectivity index (χ2n) is 3.46. The molecule has 2 aromatic rings. The monoisotopic (exact) mass is 222 g/mol. The summed E-state index contributed by atoms with van der Waals surface area (Å²) in [5, 5.41) is 4.45. The van der Waals surface area contributed by atoms with Crippen molar-refractivity contribution in [2.24, 2.45) is 0 Å². The van der Waals surface area contributed by atoms with Gasteiger partial charge in [-0.3, -0.25) is 0 Å². The van der Waals surface area contributed by atoms with E-state index in [1.807, 2.05) is 19.3 Å². The van der Waals surface area contributed by atoms with Crippen LogP contribution in [0.4, 0.5) is 0 Å². The van der Waals surface area contributed by atoms with Gasteiger partial charge >= 0.3 is 0 Å². The molecule has 0 aliphatic carbocycles. The minimum absolute atomic E-state index is 0.805. The molecule has 0 unspecified atom stereocenters. The minimum Gasteiger partial charge on any atom is -0.345 e. The molecule has 2 rings (SSSR count). The highest BCUT2D eigenvalue weighted by molar-refractivity contribution is 7.11. The number of hydrogen-bond acceptors (Lipinski definition) is 4. The Kier molecular flexibility index (Phi) is 3.13. The van der Waals surface area contributed by atoms with E-state index in [9.17, 15) is 0 Å². The number of aryl methyl sites for hydroxylation is 2. The largest absolute Gasteiger partial charge is 0.345 e. The van der Waals surface area contributed by atoms with Gasteiger partial charge in [0.15, 0.2) is 0 Å². The summed E-state index contributed by atoms with van der Waals surface area (Å²) in [6.45, 7) is 5.64. The van der Waals surface area contributed by atoms with Crippen LogP contribution in [0.15, 0.2) is 12.4 Å². The molecule has 2 heterocycles. The zero-order valence-electron chi connectivity index (χ0n) is 8.87. The number of rotatable bonds is 4. The van der Waals surface area contributed by atoms with Crippen molar-refractivity contribution in [1.82, 2.24) is 20.3 Å². The molecule has 80 valence electrons. The zero-order chi connectivity index (χ0) is 10.7. The summed E-state index contributed by atoms with van der Waals surface area (Å²) >= 11 is 1.73. The number of nitrogens with zero attached hydrogens (tertiary/aromatic N) is 2. The Bertz CT molecular complexity index is 392. The van der Waals surface area contributed by atoms with Gasteiger partial charge in [0.05, 0.1) is 0 Å². The highest BCUT2D eigenvalue weighted by atomic mass is 32.1. The van der Waals surface area contributed by atoms with Crippen molar-refractivity contribution in [3.8, 4) is 0 Å². The summed E-state index contributed by atoms with van der Waals surface area (Å²) in [7, 11) is 0. The van der Waals surface area contributed by atoms with Gasteiger partial charge in [0, 0.05) is 36.1 Å². The Balaban J connectivity index is 1.80. The molecule has 2 N–H and O–H groups in total. The first-order valence-electron chi connectivity index (χ1n) is 4.86. The van der Waals surface area contributed by atoms with Crippen LogP contribution >= 0.6 is 11.3 Å². The Labute approximate surface area is 92.8 Å². The highest BCUT2D eigenvalue weighted by Crippen LogP contribution is 2.10. The number of hydrogen-bond donors (Lipinski definition) is 2. The van der Waals surface area contributed by atoms with E-state index in [-0.39, 0.29) is 0 Å². The van der Waals surface area contributed by atoms with Crippen molar-refractivity contribution < 1.29 is 0 Å². The quantitative estimate of drug-likeness (QED) is 0.829. The SMILES string of the molecule is Cc1ncc(CNCc2ncc(C)s2)[nH]1. The molecule has 15 heavy (non-hydrogen) atoms. The van der Waals surface area contributed by atoms with Crippen LogP contribution in [0.3, 0.4) is 0 Å². The standard InChI is InChI=1S/C10H14N4S/c1-7-3-13-10(15-7)6-11-4-9-5-12-8(2)14-9/h3,5,11H,4,6H2,1-2H3,(H,12,14). The second kappa shape index (κ2) is 4.55. The van der Waals surface area contributed by atoms with Gasteiger partial charge < -0.3 is 10.3 Å². The van der Waals surface area contributed by atoms with Crippen molar-refractivity contribution in [2.45, 2.75) is 26.9 Å². The van der Waals surface area contributed by atoms with Crippen LogP contribution in [-0.4, -0.2) is 15.0 Å². The van der Waals surface area contributed by atoms with Crippen LogP contribution in [0.5, 0.6) is 0 Å². The average Bonchev–Trinajstić information content (AvgIpc) is 2.76. The summed E-state index contributed by atoms with van der Waals surface area (Å²) in [4.78, 5) is 12.9. The molecule has 0 fully saturated rings. The van der Waals surface area contributed by atoms with E-state index in [0.717, 1.165) is 29.6 Å². The predicted molar refractivity (Wildman–Crippen MR) is 60.7 cm³/mol. The molecular weight excluding hydrogens is 208 g/mol. The van der Waals surface area contributed by atoms with E-state index < -0.39 is 0 Å². The smallest absolute Gasteiger partial charge is 0.107 e. The fourth-order valence-corrected chi connectivity index (χ4v) is 2.11. The lowest BCUT2D eigenvalue weighted by molar-refractivity contribution is 0.678. The maximum Gasteiger partial charge on any atom is 0.107 e. The Hall–Kier alpha value is -1.20. The maximum atomic E-state index is 4.28. The molecule has 0 saturated carbocycles. The van der Waals surface area contributed by atoms with E-state index in [1.165, 1.54) is 4.88 Å². The van der Waals surface area contributed by atoms with Gasteiger partial charge in [-0.1, -0.05) is 0 Å². The molecule has 0 aromatic carbocycles. The number of aromatic amines is 1. The van der Waals surface area contributed by atoms with E-state index >= 15 is 0 Å². The summed E-state index contributed by atoms with van der Waals surface area (Å²) in [5.41, 5.74) is 1.11. The fourth-order valence-electron chi connectivity index (χ4n) is 1.35. The third-order valence-electron chi connectivity index (χ3n) is 2.02. The summed E-state index contributed by atoms with van der Waals surface area (Å²) < 4.78 is 0. The van der Waals surface area contributed by atoms with Crippen molar-refractivity contribution >= 4 is 11.3 Å². The van der Waals surface area contributed by atoms with Crippen LogP contribution < -0.4 is 5.32 Å². The number of H-pyrrole nitrogens is 1. The van der Waals surface area contributed by atoms with Gasteiger partial charge in [-0.25, -0.2) is 9.97 Å². The van der Waals surface area contributed by atoms with Crippen molar-refractivity contribution in [3.63, 3.8) is 0 Å². The van der Waals surface area contributed by atoms with Crippen LogP contribution in [-0.2, 0) is 13.1 Å². The van der Waals surface area contributed by atoms with E-state index in [0.29, 0.717) is 0 Å². The lowest BCUT2D eigenvalue weighted by Crippen LogP contribution is -2.12. The molecule has 0 aliphatic heterocycles. The van der Waals surface area contributed by atoms with Crippen LogP contribution in [0, 0.1) is 13.8 Å². The lowest BCUT2D eigenvalue weighted by Gasteiger charge is -1.99. The molecule has 0 radical (unpaired) electrons. The number of nitrogens with one attached hydrogen (secondary N) is 2. The third-order valence-corrected chi connectivity index (χ3v) is 2.93. The van der Waals surface area contributed by atoms with Crippen LogP contribution in [0.2, 0.25) is 0 Å². The Morgan fingerprint density at radius 2 is 2.13 bits per heavy atom. The summed E-state index contributed by atoms with van der Waals surface area (Å²) in [6, 6.07) is 0. The molecular formula is C10H14N4S. The first-order chi connectivity index (χ1) is 7.24. The van der Waals surface area contributed by atoms with Gasteiger partial charge in [0.2, 0.25) is 0 Å². The first-order valence-corrected chi connectivity index (χ1v) is 5.68.